The molecule has 0 aliphatic heterocycles. The van der Waals surface area contributed by atoms with E-state index >= 15 is 0 Å². The van der Waals surface area contributed by atoms with Crippen molar-refractivity contribution >= 4 is 22.7 Å². The zero-order valence-electron chi connectivity index (χ0n) is 10.6. The maximum absolute atomic E-state index is 5.15. The molecule has 0 fully saturated rings. The molecule has 1 N–H and O–H groups in total. The second-order valence-electron chi connectivity index (χ2n) is 3.81. The van der Waals surface area contributed by atoms with E-state index in [1.165, 1.54) is 4.88 Å². The highest BCUT2D eigenvalue weighted by molar-refractivity contribution is 7.15. The second kappa shape index (κ2) is 5.64. The van der Waals surface area contributed by atoms with Crippen molar-refractivity contribution in [3.8, 4) is 5.75 Å². The van der Waals surface area contributed by atoms with Gasteiger partial charge in [-0.3, -0.25) is 5.43 Å². The predicted octanol–water partition coefficient (Wildman–Crippen LogP) is 3.21. The molecule has 2 rings (SSSR count). The van der Waals surface area contributed by atoms with Gasteiger partial charge in [-0.05, 0) is 31.5 Å². The van der Waals surface area contributed by atoms with Crippen molar-refractivity contribution in [1.82, 2.24) is 4.98 Å². The summed E-state index contributed by atoms with van der Waals surface area (Å²) in [6, 6.07) is 7.71. The van der Waals surface area contributed by atoms with E-state index in [1.807, 2.05) is 38.1 Å². The Kier molecular flexibility index (Phi) is 3.94. The van der Waals surface area contributed by atoms with Gasteiger partial charge >= 0.3 is 0 Å². The van der Waals surface area contributed by atoms with E-state index in [0.717, 1.165) is 22.1 Å². The molecule has 1 aromatic carbocycles. The number of nitrogens with one attached hydrogen (secondary N) is 1. The predicted molar refractivity (Wildman–Crippen MR) is 75.8 cm³/mol. The number of rotatable bonds is 4. The largest absolute Gasteiger partial charge is 0.497 e. The number of aryl methyl sites for hydroxylation is 2. The maximum Gasteiger partial charge on any atom is 0.203 e. The van der Waals surface area contributed by atoms with Gasteiger partial charge in [-0.25, -0.2) is 4.98 Å². The maximum atomic E-state index is 5.15. The van der Waals surface area contributed by atoms with E-state index < -0.39 is 0 Å². The van der Waals surface area contributed by atoms with E-state index in [0.29, 0.717) is 0 Å². The van der Waals surface area contributed by atoms with Crippen LogP contribution >= 0.6 is 11.3 Å². The highest BCUT2D eigenvalue weighted by Gasteiger charge is 2.01. The van der Waals surface area contributed by atoms with Gasteiger partial charge in [-0.15, -0.1) is 11.3 Å². The molecular weight excluding hydrogens is 246 g/mol. The lowest BCUT2D eigenvalue weighted by Gasteiger charge is -1.99. The molecule has 0 saturated carbocycles. The average Bonchev–Trinajstić information content (AvgIpc) is 2.69. The molecule has 94 valence electrons. The number of methoxy groups -OCH3 is 1. The van der Waals surface area contributed by atoms with Crippen LogP contribution in [0.2, 0.25) is 0 Å². The smallest absolute Gasteiger partial charge is 0.203 e. The average molecular weight is 261 g/mol. The van der Waals surface area contributed by atoms with Crippen LogP contribution in [0.4, 0.5) is 5.13 Å². The summed E-state index contributed by atoms with van der Waals surface area (Å²) in [5.74, 6) is 0.819. The second-order valence-corrected chi connectivity index (χ2v) is 5.01. The van der Waals surface area contributed by atoms with E-state index in [9.17, 15) is 0 Å². The molecule has 1 heterocycles. The van der Waals surface area contributed by atoms with Crippen LogP contribution in [0.25, 0.3) is 0 Å². The molecule has 5 heteroatoms. The summed E-state index contributed by atoms with van der Waals surface area (Å²) in [5, 5.41) is 4.97. The minimum atomic E-state index is 0.809. The fourth-order valence-corrected chi connectivity index (χ4v) is 2.17. The van der Waals surface area contributed by atoms with Gasteiger partial charge in [0, 0.05) is 4.88 Å². The Bertz CT molecular complexity index is 544. The van der Waals surface area contributed by atoms with E-state index in [4.69, 9.17) is 4.74 Å². The molecule has 0 atom stereocenters. The van der Waals surface area contributed by atoms with E-state index in [2.05, 4.69) is 15.5 Å². The highest BCUT2D eigenvalue weighted by atomic mass is 32.1. The van der Waals surface area contributed by atoms with Crippen LogP contribution in [-0.2, 0) is 0 Å². The number of ether oxygens (including phenoxy) is 1. The molecule has 0 saturated heterocycles. The Morgan fingerprint density at radius 2 is 2.22 bits per heavy atom. The molecule has 0 unspecified atom stereocenters. The number of hydrazone groups is 1. The van der Waals surface area contributed by atoms with Gasteiger partial charge in [-0.2, -0.15) is 5.10 Å². The lowest BCUT2D eigenvalue weighted by molar-refractivity contribution is 0.415. The first kappa shape index (κ1) is 12.6. The van der Waals surface area contributed by atoms with Crippen molar-refractivity contribution < 1.29 is 4.74 Å². The number of hydrogen-bond acceptors (Lipinski definition) is 5. The number of benzene rings is 1. The lowest BCUT2D eigenvalue weighted by Crippen LogP contribution is -1.91. The molecule has 18 heavy (non-hydrogen) atoms. The Balaban J connectivity index is 2.02. The van der Waals surface area contributed by atoms with Crippen molar-refractivity contribution in [2.45, 2.75) is 13.8 Å². The van der Waals surface area contributed by atoms with Crippen LogP contribution in [0.1, 0.15) is 16.1 Å². The van der Waals surface area contributed by atoms with E-state index in [-0.39, 0.29) is 0 Å². The Hall–Kier alpha value is -1.88. The molecule has 4 nitrogen and oxygen atoms in total. The summed E-state index contributed by atoms with van der Waals surface area (Å²) in [4.78, 5) is 5.55. The summed E-state index contributed by atoms with van der Waals surface area (Å²) in [7, 11) is 1.65. The van der Waals surface area contributed by atoms with E-state index in [1.54, 1.807) is 24.7 Å². The van der Waals surface area contributed by atoms with Crippen molar-refractivity contribution in [3.63, 3.8) is 0 Å². The molecule has 2 aromatic rings. The Morgan fingerprint density at radius 1 is 1.39 bits per heavy atom. The molecule has 0 amide bonds. The number of aromatic nitrogens is 1. The number of anilines is 1. The molecule has 0 aliphatic rings. The van der Waals surface area contributed by atoms with Crippen LogP contribution in [0.3, 0.4) is 0 Å². The van der Waals surface area contributed by atoms with Crippen molar-refractivity contribution in [3.05, 3.63) is 40.4 Å². The summed E-state index contributed by atoms with van der Waals surface area (Å²) < 4.78 is 5.15. The molecule has 0 aliphatic carbocycles. The quantitative estimate of drug-likeness (QED) is 0.679. The molecule has 0 radical (unpaired) electrons. The minimum Gasteiger partial charge on any atom is -0.497 e. The van der Waals surface area contributed by atoms with Gasteiger partial charge in [-0.1, -0.05) is 12.1 Å². The van der Waals surface area contributed by atoms with Gasteiger partial charge in [0.05, 0.1) is 19.0 Å². The lowest BCUT2D eigenvalue weighted by atomic mass is 10.2. The standard InChI is InChI=1S/C13H15N3OS/c1-9-10(2)18-13(15-9)16-14-8-11-5-4-6-12(7-11)17-3/h4-8H,1-3H3,(H,15,16)/b14-8-. The molecular formula is C13H15N3OS. The van der Waals surface area contributed by atoms with Gasteiger partial charge in [0.25, 0.3) is 0 Å². The number of thiazole rings is 1. The normalized spacial score (nSPS) is 10.8. The van der Waals surface area contributed by atoms with Crippen LogP contribution in [0, 0.1) is 13.8 Å². The Labute approximate surface area is 110 Å². The SMILES string of the molecule is COc1cccc(/C=N\Nc2nc(C)c(C)s2)c1. The summed E-state index contributed by atoms with van der Waals surface area (Å²) in [6.07, 6.45) is 1.74. The summed E-state index contributed by atoms with van der Waals surface area (Å²) in [5.41, 5.74) is 4.95. The first-order chi connectivity index (χ1) is 8.69. The fourth-order valence-electron chi connectivity index (χ4n) is 1.40. The fraction of sp³-hybridized carbons (Fsp3) is 0.231. The third-order valence-electron chi connectivity index (χ3n) is 2.50. The van der Waals surface area contributed by atoms with Crippen molar-refractivity contribution in [2.75, 3.05) is 12.5 Å². The minimum absolute atomic E-state index is 0.809. The van der Waals surface area contributed by atoms with Crippen LogP contribution < -0.4 is 10.2 Å². The zero-order chi connectivity index (χ0) is 13.0. The van der Waals surface area contributed by atoms with Crippen LogP contribution in [0.15, 0.2) is 29.4 Å². The monoisotopic (exact) mass is 261 g/mol. The highest BCUT2D eigenvalue weighted by Crippen LogP contribution is 2.20. The van der Waals surface area contributed by atoms with Gasteiger partial charge in [0.15, 0.2) is 0 Å². The molecule has 0 spiro atoms. The number of nitrogens with zero attached hydrogens (tertiary/aromatic N) is 2. The number of hydrogen-bond donors (Lipinski definition) is 1. The van der Waals surface area contributed by atoms with Crippen LogP contribution in [-0.4, -0.2) is 18.3 Å². The first-order valence-electron chi connectivity index (χ1n) is 5.56. The molecule has 0 bridgehead atoms. The van der Waals surface area contributed by atoms with Gasteiger partial charge in [0.2, 0.25) is 5.13 Å². The Morgan fingerprint density at radius 3 is 2.89 bits per heavy atom. The zero-order valence-corrected chi connectivity index (χ0v) is 11.4. The third kappa shape index (κ3) is 3.07. The summed E-state index contributed by atoms with van der Waals surface area (Å²) in [6.45, 7) is 4.03. The third-order valence-corrected chi connectivity index (χ3v) is 3.47. The van der Waals surface area contributed by atoms with Gasteiger partial charge < -0.3 is 4.74 Å². The molecule has 1 aromatic heterocycles. The van der Waals surface area contributed by atoms with Crippen molar-refractivity contribution in [1.29, 1.82) is 0 Å². The van der Waals surface area contributed by atoms with Crippen LogP contribution in [0.5, 0.6) is 5.75 Å². The first-order valence-corrected chi connectivity index (χ1v) is 6.38. The summed E-state index contributed by atoms with van der Waals surface area (Å²) >= 11 is 1.60. The topological polar surface area (TPSA) is 46.5 Å². The van der Waals surface area contributed by atoms with Gasteiger partial charge in [0.1, 0.15) is 5.75 Å². The van der Waals surface area contributed by atoms with Crippen molar-refractivity contribution in [2.24, 2.45) is 5.10 Å².